The van der Waals surface area contributed by atoms with Gasteiger partial charge in [0.2, 0.25) is 0 Å². The van der Waals surface area contributed by atoms with Crippen molar-refractivity contribution in [2.75, 3.05) is 11.9 Å². The number of ether oxygens (including phenoxy) is 1. The fourth-order valence-electron chi connectivity index (χ4n) is 3.74. The summed E-state index contributed by atoms with van der Waals surface area (Å²) in [6, 6.07) is 21.6. The van der Waals surface area contributed by atoms with Gasteiger partial charge in [0.25, 0.3) is 0 Å². The Balaban J connectivity index is 1.74. The second-order valence-electron chi connectivity index (χ2n) is 6.54. The Morgan fingerprint density at radius 3 is 2.74 bits per heavy atom. The highest BCUT2D eigenvalue weighted by atomic mass is 16.5. The number of phenols is 1. The second-order valence-corrected chi connectivity index (χ2v) is 6.54. The van der Waals surface area contributed by atoms with Crippen molar-refractivity contribution >= 4 is 16.7 Å². The van der Waals surface area contributed by atoms with Crippen LogP contribution in [0.25, 0.3) is 22.4 Å². The number of nitrogens with zero attached hydrogens (tertiary/aromatic N) is 2. The lowest BCUT2D eigenvalue weighted by molar-refractivity contribution is 0.337. The van der Waals surface area contributed by atoms with Crippen LogP contribution in [-0.2, 0) is 0 Å². The number of aromatic hydroxyl groups is 1. The molecule has 0 bridgehead atoms. The monoisotopic (exact) mass is 357 g/mol. The molecule has 1 atom stereocenters. The van der Waals surface area contributed by atoms with Crippen LogP contribution < -0.4 is 10.1 Å². The maximum atomic E-state index is 10.7. The van der Waals surface area contributed by atoms with E-state index in [1.165, 1.54) is 0 Å². The van der Waals surface area contributed by atoms with E-state index in [2.05, 4.69) is 22.0 Å². The van der Waals surface area contributed by atoms with Crippen LogP contribution >= 0.6 is 0 Å². The summed E-state index contributed by atoms with van der Waals surface area (Å²) in [5.74, 6) is 1.75. The van der Waals surface area contributed by atoms with Gasteiger partial charge in [0, 0.05) is 22.9 Å². The summed E-state index contributed by atoms with van der Waals surface area (Å²) < 4.78 is 7.66. The summed E-state index contributed by atoms with van der Waals surface area (Å²) >= 11 is 0. The number of aromatic nitrogens is 2. The number of hydrogen-bond acceptors (Lipinski definition) is 4. The topological polar surface area (TPSA) is 59.3 Å². The molecule has 0 aliphatic carbocycles. The Bertz CT molecular complexity index is 1150. The van der Waals surface area contributed by atoms with Gasteiger partial charge in [-0.25, -0.2) is 4.98 Å². The van der Waals surface area contributed by atoms with E-state index in [1.807, 2.05) is 55.5 Å². The summed E-state index contributed by atoms with van der Waals surface area (Å²) in [6.07, 6.45) is -0.266. The van der Waals surface area contributed by atoms with Crippen LogP contribution in [0.15, 0.2) is 66.7 Å². The number of anilines is 1. The third-order valence-corrected chi connectivity index (χ3v) is 4.92. The van der Waals surface area contributed by atoms with Crippen LogP contribution in [0.3, 0.4) is 0 Å². The lowest BCUT2D eigenvalue weighted by atomic mass is 10.0. The molecule has 4 aromatic rings. The fourth-order valence-corrected chi connectivity index (χ4v) is 3.74. The SMILES string of the molecule is CCOc1ccc([C@H]2Nc3ccccc3-c3nc4ccccc4n32)c(O)c1. The van der Waals surface area contributed by atoms with E-state index in [4.69, 9.17) is 9.72 Å². The van der Waals surface area contributed by atoms with Crippen molar-refractivity contribution < 1.29 is 9.84 Å². The standard InChI is InChI=1S/C22H19N3O2/c1-2-27-14-11-12-16(20(26)13-14)22-23-17-8-4-3-7-15(17)21-24-18-9-5-6-10-19(18)25(21)22/h3-13,22-23,26H,2H2,1H3/t22-/m0/s1. The van der Waals surface area contributed by atoms with E-state index in [1.54, 1.807) is 6.07 Å². The van der Waals surface area contributed by atoms with Gasteiger partial charge in [-0.2, -0.15) is 0 Å². The smallest absolute Gasteiger partial charge is 0.145 e. The van der Waals surface area contributed by atoms with E-state index in [0.717, 1.165) is 33.7 Å². The van der Waals surface area contributed by atoms with E-state index in [0.29, 0.717) is 12.4 Å². The van der Waals surface area contributed by atoms with Crippen LogP contribution in [0, 0.1) is 0 Å². The van der Waals surface area contributed by atoms with Gasteiger partial charge in [0.05, 0.1) is 17.6 Å². The molecule has 2 N–H and O–H groups in total. The van der Waals surface area contributed by atoms with Crippen molar-refractivity contribution in [3.63, 3.8) is 0 Å². The highest BCUT2D eigenvalue weighted by Crippen LogP contribution is 2.42. The lowest BCUT2D eigenvalue weighted by Gasteiger charge is -2.30. The maximum absolute atomic E-state index is 10.7. The zero-order valence-electron chi connectivity index (χ0n) is 14.9. The number of imidazole rings is 1. The summed E-state index contributed by atoms with van der Waals surface area (Å²) in [5.41, 5.74) is 4.78. The van der Waals surface area contributed by atoms with Crippen molar-refractivity contribution in [2.24, 2.45) is 0 Å². The molecule has 1 aliphatic rings. The second kappa shape index (κ2) is 6.06. The Labute approximate surface area is 156 Å². The maximum Gasteiger partial charge on any atom is 0.145 e. The predicted molar refractivity (Wildman–Crippen MR) is 106 cm³/mol. The van der Waals surface area contributed by atoms with E-state index >= 15 is 0 Å². The van der Waals surface area contributed by atoms with Crippen LogP contribution in [0.1, 0.15) is 18.7 Å². The lowest BCUT2D eigenvalue weighted by Crippen LogP contribution is -2.24. The number of benzene rings is 3. The van der Waals surface area contributed by atoms with Gasteiger partial charge in [-0.1, -0.05) is 24.3 Å². The molecule has 0 amide bonds. The minimum atomic E-state index is -0.266. The normalized spacial score (nSPS) is 15.1. The summed E-state index contributed by atoms with van der Waals surface area (Å²) in [6.45, 7) is 2.48. The van der Waals surface area contributed by atoms with Gasteiger partial charge < -0.3 is 15.2 Å². The Hall–Kier alpha value is -3.47. The number of rotatable bonds is 3. The molecule has 1 aromatic heterocycles. The highest BCUT2D eigenvalue weighted by Gasteiger charge is 2.29. The van der Waals surface area contributed by atoms with Crippen molar-refractivity contribution in [2.45, 2.75) is 13.1 Å². The molecule has 27 heavy (non-hydrogen) atoms. The molecular weight excluding hydrogens is 338 g/mol. The van der Waals surface area contributed by atoms with Gasteiger partial charge in [-0.05, 0) is 43.3 Å². The minimum Gasteiger partial charge on any atom is -0.507 e. The molecule has 0 unspecified atom stereocenters. The summed E-state index contributed by atoms with van der Waals surface area (Å²) in [7, 11) is 0. The molecule has 0 saturated carbocycles. The van der Waals surface area contributed by atoms with Gasteiger partial charge in [0.1, 0.15) is 23.5 Å². The first-order valence-electron chi connectivity index (χ1n) is 9.05. The third-order valence-electron chi connectivity index (χ3n) is 4.92. The van der Waals surface area contributed by atoms with Crippen LogP contribution in [0.5, 0.6) is 11.5 Å². The number of nitrogens with one attached hydrogen (secondary N) is 1. The van der Waals surface area contributed by atoms with Crippen LogP contribution in [-0.4, -0.2) is 21.3 Å². The first-order chi connectivity index (χ1) is 13.3. The molecule has 134 valence electrons. The first-order valence-corrected chi connectivity index (χ1v) is 9.05. The molecule has 2 heterocycles. The minimum absolute atomic E-state index is 0.196. The Kier molecular flexibility index (Phi) is 3.53. The molecule has 0 saturated heterocycles. The Morgan fingerprint density at radius 2 is 1.89 bits per heavy atom. The van der Waals surface area contributed by atoms with Crippen LogP contribution in [0.4, 0.5) is 5.69 Å². The molecule has 0 spiro atoms. The van der Waals surface area contributed by atoms with Crippen LogP contribution in [0.2, 0.25) is 0 Å². The van der Waals surface area contributed by atoms with Gasteiger partial charge in [-0.15, -0.1) is 0 Å². The molecule has 0 fully saturated rings. The van der Waals surface area contributed by atoms with Crippen molar-refractivity contribution in [1.82, 2.24) is 9.55 Å². The predicted octanol–water partition coefficient (Wildman–Crippen LogP) is 4.78. The average molecular weight is 357 g/mol. The molecule has 5 nitrogen and oxygen atoms in total. The molecule has 5 heteroatoms. The molecule has 5 rings (SSSR count). The number of phenolic OH excluding ortho intramolecular Hbond substituents is 1. The fraction of sp³-hybridized carbons (Fsp3) is 0.136. The number of hydrogen-bond donors (Lipinski definition) is 2. The average Bonchev–Trinajstić information content (AvgIpc) is 3.08. The van der Waals surface area contributed by atoms with E-state index < -0.39 is 0 Å². The zero-order chi connectivity index (χ0) is 18.4. The summed E-state index contributed by atoms with van der Waals surface area (Å²) in [5, 5.41) is 14.3. The van der Waals surface area contributed by atoms with Gasteiger partial charge in [0.15, 0.2) is 0 Å². The first kappa shape index (κ1) is 15.8. The Morgan fingerprint density at radius 1 is 1.07 bits per heavy atom. The van der Waals surface area contributed by atoms with Crippen molar-refractivity contribution in [3.8, 4) is 22.9 Å². The molecule has 0 radical (unpaired) electrons. The van der Waals surface area contributed by atoms with Gasteiger partial charge in [-0.3, -0.25) is 4.57 Å². The van der Waals surface area contributed by atoms with Crippen molar-refractivity contribution in [3.05, 3.63) is 72.3 Å². The molecule has 3 aromatic carbocycles. The van der Waals surface area contributed by atoms with E-state index in [9.17, 15) is 5.11 Å². The van der Waals surface area contributed by atoms with Crippen molar-refractivity contribution in [1.29, 1.82) is 0 Å². The largest absolute Gasteiger partial charge is 0.507 e. The quantitative estimate of drug-likeness (QED) is 0.554. The molecule has 1 aliphatic heterocycles. The third kappa shape index (κ3) is 2.43. The number of para-hydroxylation sites is 3. The number of fused-ring (bicyclic) bond motifs is 5. The summed E-state index contributed by atoms with van der Waals surface area (Å²) in [4.78, 5) is 4.86. The highest BCUT2D eigenvalue weighted by molar-refractivity contribution is 5.86. The van der Waals surface area contributed by atoms with Gasteiger partial charge >= 0.3 is 0 Å². The zero-order valence-corrected chi connectivity index (χ0v) is 14.9. The molecular formula is C22H19N3O2. The van der Waals surface area contributed by atoms with E-state index in [-0.39, 0.29) is 11.9 Å².